The predicted molar refractivity (Wildman–Crippen MR) is 113 cm³/mol. The van der Waals surface area contributed by atoms with Gasteiger partial charge in [0.2, 0.25) is 0 Å². The normalized spacial score (nSPS) is 13.6. The summed E-state index contributed by atoms with van der Waals surface area (Å²) in [4.78, 5) is 15.0. The van der Waals surface area contributed by atoms with E-state index in [1.54, 1.807) is 4.90 Å². The van der Waals surface area contributed by atoms with Crippen LogP contribution in [-0.4, -0.2) is 32.8 Å². The second kappa shape index (κ2) is 7.17. The number of carbonyl (C=O) groups excluding carboxylic acids is 1. The number of aromatic nitrogens is 3. The first-order valence-electron chi connectivity index (χ1n) is 9.95. The van der Waals surface area contributed by atoms with Crippen molar-refractivity contribution in [3.05, 3.63) is 89.7 Å². The average molecular weight is 382 g/mol. The largest absolute Gasteiger partial charge is 0.336 e. The van der Waals surface area contributed by atoms with Crippen LogP contribution in [0.2, 0.25) is 0 Å². The number of hydrogen-bond acceptors (Lipinski definition) is 3. The zero-order chi connectivity index (χ0) is 19.8. The molecule has 0 radical (unpaired) electrons. The molecule has 1 saturated carbocycles. The highest BCUT2D eigenvalue weighted by Crippen LogP contribution is 2.42. The summed E-state index contributed by atoms with van der Waals surface area (Å²) in [6.45, 7) is 0.530. The molecule has 29 heavy (non-hydrogen) atoms. The molecule has 0 N–H and O–H groups in total. The Morgan fingerprint density at radius 1 is 1.00 bits per heavy atom. The average Bonchev–Trinajstić information content (AvgIpc) is 3.52. The third kappa shape index (κ3) is 3.29. The van der Waals surface area contributed by atoms with Gasteiger partial charge in [0, 0.05) is 19.5 Å². The van der Waals surface area contributed by atoms with Gasteiger partial charge in [-0.1, -0.05) is 65.9 Å². The van der Waals surface area contributed by atoms with Crippen molar-refractivity contribution in [3.8, 4) is 5.69 Å². The van der Waals surface area contributed by atoms with Crippen molar-refractivity contribution in [2.45, 2.75) is 25.3 Å². The Morgan fingerprint density at radius 2 is 1.72 bits per heavy atom. The van der Waals surface area contributed by atoms with Crippen LogP contribution in [0.15, 0.2) is 72.8 Å². The van der Waals surface area contributed by atoms with E-state index in [4.69, 9.17) is 0 Å². The van der Waals surface area contributed by atoms with Gasteiger partial charge in [-0.25, -0.2) is 4.68 Å². The minimum absolute atomic E-state index is 0.0815. The molecule has 0 atom stereocenters. The van der Waals surface area contributed by atoms with Crippen molar-refractivity contribution in [1.29, 1.82) is 0 Å². The van der Waals surface area contributed by atoms with Crippen molar-refractivity contribution < 1.29 is 4.79 Å². The van der Waals surface area contributed by atoms with Gasteiger partial charge < -0.3 is 4.90 Å². The van der Waals surface area contributed by atoms with E-state index in [1.165, 1.54) is 10.8 Å². The van der Waals surface area contributed by atoms with Crippen LogP contribution < -0.4 is 0 Å². The van der Waals surface area contributed by atoms with E-state index < -0.39 is 0 Å². The van der Waals surface area contributed by atoms with Crippen LogP contribution in [0.3, 0.4) is 0 Å². The Kier molecular flexibility index (Phi) is 4.35. The molecule has 0 unspecified atom stereocenters. The Balaban J connectivity index is 1.47. The van der Waals surface area contributed by atoms with Crippen molar-refractivity contribution in [2.24, 2.45) is 0 Å². The summed E-state index contributed by atoms with van der Waals surface area (Å²) in [5, 5.41) is 11.0. The summed E-state index contributed by atoms with van der Waals surface area (Å²) in [5.74, 6) is 0.275. The number of fused-ring (bicyclic) bond motifs is 1. The van der Waals surface area contributed by atoms with E-state index in [-0.39, 0.29) is 5.91 Å². The minimum Gasteiger partial charge on any atom is -0.336 e. The molecule has 1 aromatic heterocycles. The highest BCUT2D eigenvalue weighted by atomic mass is 16.2. The summed E-state index contributed by atoms with van der Waals surface area (Å²) in [6, 6.07) is 24.4. The lowest BCUT2D eigenvalue weighted by Gasteiger charge is -2.18. The van der Waals surface area contributed by atoms with E-state index in [9.17, 15) is 4.79 Å². The number of benzene rings is 3. The Bertz CT molecular complexity index is 1170. The fraction of sp³-hybridized carbons (Fsp3) is 0.208. The molecular weight excluding hydrogens is 360 g/mol. The van der Waals surface area contributed by atoms with Gasteiger partial charge in [-0.3, -0.25) is 4.79 Å². The molecule has 1 amide bonds. The quantitative estimate of drug-likeness (QED) is 0.508. The summed E-state index contributed by atoms with van der Waals surface area (Å²) in [6.07, 6.45) is 2.15. The summed E-state index contributed by atoms with van der Waals surface area (Å²) in [7, 11) is 1.84. The van der Waals surface area contributed by atoms with Crippen LogP contribution in [0.4, 0.5) is 0 Å². The number of rotatable bonds is 5. The number of nitrogens with zero attached hydrogens (tertiary/aromatic N) is 4. The summed E-state index contributed by atoms with van der Waals surface area (Å²) in [5.41, 5.74) is 3.48. The molecule has 1 heterocycles. The van der Waals surface area contributed by atoms with Crippen LogP contribution in [0.25, 0.3) is 16.5 Å². The molecule has 0 saturated heterocycles. The van der Waals surface area contributed by atoms with Crippen LogP contribution >= 0.6 is 0 Å². The minimum atomic E-state index is -0.0815. The van der Waals surface area contributed by atoms with Crippen molar-refractivity contribution in [2.75, 3.05) is 7.05 Å². The van der Waals surface area contributed by atoms with Crippen molar-refractivity contribution in [1.82, 2.24) is 19.9 Å². The topological polar surface area (TPSA) is 51.0 Å². The zero-order valence-corrected chi connectivity index (χ0v) is 16.3. The predicted octanol–water partition coefficient (Wildman–Crippen LogP) is 4.57. The molecule has 5 nitrogen and oxygen atoms in total. The van der Waals surface area contributed by atoms with Gasteiger partial charge >= 0.3 is 0 Å². The first-order chi connectivity index (χ1) is 14.2. The molecule has 0 spiro atoms. The molecule has 1 fully saturated rings. The van der Waals surface area contributed by atoms with Crippen LogP contribution in [0.5, 0.6) is 0 Å². The lowest BCUT2D eigenvalue weighted by molar-refractivity contribution is 0.0778. The molecule has 144 valence electrons. The third-order valence-electron chi connectivity index (χ3n) is 5.51. The van der Waals surface area contributed by atoms with Gasteiger partial charge in [0.05, 0.1) is 11.4 Å². The van der Waals surface area contributed by atoms with E-state index >= 15 is 0 Å². The second-order valence-corrected chi connectivity index (χ2v) is 7.64. The Labute approximate surface area is 169 Å². The molecule has 0 aliphatic heterocycles. The number of carbonyl (C=O) groups is 1. The zero-order valence-electron chi connectivity index (χ0n) is 16.3. The molecule has 1 aliphatic rings. The van der Waals surface area contributed by atoms with Crippen molar-refractivity contribution in [3.63, 3.8) is 0 Å². The van der Waals surface area contributed by atoms with E-state index in [2.05, 4.69) is 34.6 Å². The lowest BCUT2D eigenvalue weighted by atomic mass is 10.0. The number of para-hydroxylation sites is 1. The highest BCUT2D eigenvalue weighted by molar-refractivity contribution is 5.94. The Morgan fingerprint density at radius 3 is 2.52 bits per heavy atom. The van der Waals surface area contributed by atoms with Gasteiger partial charge in [-0.05, 0) is 41.3 Å². The van der Waals surface area contributed by atoms with E-state index in [0.29, 0.717) is 18.2 Å². The number of amides is 1. The van der Waals surface area contributed by atoms with Crippen LogP contribution in [-0.2, 0) is 6.54 Å². The monoisotopic (exact) mass is 382 g/mol. The maximum absolute atomic E-state index is 13.3. The number of hydrogen-bond donors (Lipinski definition) is 0. The molecule has 5 heteroatoms. The summed E-state index contributed by atoms with van der Waals surface area (Å²) >= 11 is 0. The SMILES string of the molecule is CN(Cc1cccc2ccccc12)C(=O)c1nnn(-c2ccccc2)c1C1CC1. The van der Waals surface area contributed by atoms with Gasteiger partial charge in [0.1, 0.15) is 0 Å². The molecule has 0 bridgehead atoms. The van der Waals surface area contributed by atoms with E-state index in [0.717, 1.165) is 29.8 Å². The Hall–Kier alpha value is -3.47. The fourth-order valence-corrected chi connectivity index (χ4v) is 3.86. The lowest BCUT2D eigenvalue weighted by Crippen LogP contribution is -2.27. The van der Waals surface area contributed by atoms with Gasteiger partial charge in [0.15, 0.2) is 5.69 Å². The maximum Gasteiger partial charge on any atom is 0.276 e. The highest BCUT2D eigenvalue weighted by Gasteiger charge is 2.35. The smallest absolute Gasteiger partial charge is 0.276 e. The second-order valence-electron chi connectivity index (χ2n) is 7.64. The molecular formula is C24H22N4O. The molecule has 1 aliphatic carbocycles. The third-order valence-corrected chi connectivity index (χ3v) is 5.51. The van der Waals surface area contributed by atoms with Crippen LogP contribution in [0.1, 0.15) is 40.5 Å². The maximum atomic E-state index is 13.3. The van der Waals surface area contributed by atoms with Gasteiger partial charge in [-0.15, -0.1) is 5.10 Å². The van der Waals surface area contributed by atoms with E-state index in [1.807, 2.05) is 60.3 Å². The van der Waals surface area contributed by atoms with Gasteiger partial charge in [-0.2, -0.15) is 0 Å². The first kappa shape index (κ1) is 17.6. The first-order valence-corrected chi connectivity index (χ1v) is 9.95. The van der Waals surface area contributed by atoms with Crippen molar-refractivity contribution >= 4 is 16.7 Å². The molecule has 3 aromatic carbocycles. The molecule has 4 aromatic rings. The molecule has 5 rings (SSSR count). The summed E-state index contributed by atoms with van der Waals surface area (Å²) < 4.78 is 1.83. The standard InChI is InChI=1S/C24H22N4O/c1-27(16-19-10-7-9-17-8-5-6-13-21(17)19)24(29)22-23(18-14-15-18)28(26-25-22)20-11-3-2-4-12-20/h2-13,18H,14-16H2,1H3. The fourth-order valence-electron chi connectivity index (χ4n) is 3.86. The van der Waals surface area contributed by atoms with Crippen LogP contribution in [0, 0.1) is 0 Å². The van der Waals surface area contributed by atoms with Gasteiger partial charge in [0.25, 0.3) is 5.91 Å².